The molecular formula is C14H14O7. The van der Waals surface area contributed by atoms with Crippen LogP contribution in [-0.2, 0) is 0 Å². The van der Waals surface area contributed by atoms with Crippen molar-refractivity contribution in [2.75, 3.05) is 7.11 Å². The fourth-order valence-corrected chi connectivity index (χ4v) is 1.32. The van der Waals surface area contributed by atoms with Crippen LogP contribution in [0.5, 0.6) is 28.7 Å². The summed E-state index contributed by atoms with van der Waals surface area (Å²) in [5.41, 5.74) is -0.0553. The maximum Gasteiger partial charge on any atom is 0.335 e. The zero-order valence-corrected chi connectivity index (χ0v) is 11.0. The second kappa shape index (κ2) is 6.90. The van der Waals surface area contributed by atoms with E-state index < -0.39 is 11.7 Å². The number of phenolic OH excluding ortho intramolecular Hbond substituents is 4. The van der Waals surface area contributed by atoms with E-state index in [1.807, 2.05) is 0 Å². The zero-order chi connectivity index (χ0) is 16.0. The molecule has 21 heavy (non-hydrogen) atoms. The highest BCUT2D eigenvalue weighted by atomic mass is 16.5. The van der Waals surface area contributed by atoms with Crippen molar-refractivity contribution in [1.82, 2.24) is 0 Å². The Kier molecular flexibility index (Phi) is 5.24. The number of carbonyl (C=O) groups is 1. The molecule has 0 bridgehead atoms. The van der Waals surface area contributed by atoms with Gasteiger partial charge in [0, 0.05) is 6.07 Å². The highest BCUT2D eigenvalue weighted by Crippen LogP contribution is 2.28. The van der Waals surface area contributed by atoms with Gasteiger partial charge in [0.1, 0.15) is 5.75 Å². The van der Waals surface area contributed by atoms with Gasteiger partial charge in [-0.2, -0.15) is 0 Å². The molecule has 5 N–H and O–H groups in total. The first-order valence-corrected chi connectivity index (χ1v) is 5.66. The number of hydrogen-bond acceptors (Lipinski definition) is 6. The van der Waals surface area contributed by atoms with Crippen molar-refractivity contribution < 1.29 is 35.1 Å². The van der Waals surface area contributed by atoms with Gasteiger partial charge in [-0.05, 0) is 30.3 Å². The quantitative estimate of drug-likeness (QED) is 0.422. The Hall–Kier alpha value is -3.09. The van der Waals surface area contributed by atoms with E-state index in [0.29, 0.717) is 0 Å². The molecule has 0 fully saturated rings. The van der Waals surface area contributed by atoms with Gasteiger partial charge >= 0.3 is 5.97 Å². The summed E-state index contributed by atoms with van der Waals surface area (Å²) in [6.45, 7) is 0. The molecule has 0 heterocycles. The van der Waals surface area contributed by atoms with E-state index >= 15 is 0 Å². The minimum absolute atomic E-state index is 0.0281. The van der Waals surface area contributed by atoms with Crippen LogP contribution in [0.1, 0.15) is 10.4 Å². The van der Waals surface area contributed by atoms with Crippen molar-refractivity contribution >= 4 is 5.97 Å². The predicted octanol–water partition coefficient (Wildman–Crippen LogP) is 1.90. The normalized spacial score (nSPS) is 9.38. The highest BCUT2D eigenvalue weighted by Gasteiger charge is 2.05. The number of carboxylic acids is 1. The Morgan fingerprint density at radius 3 is 2.00 bits per heavy atom. The lowest BCUT2D eigenvalue weighted by Gasteiger charge is -2.01. The van der Waals surface area contributed by atoms with Crippen molar-refractivity contribution in [3.63, 3.8) is 0 Å². The molecule has 112 valence electrons. The monoisotopic (exact) mass is 294 g/mol. The molecule has 0 saturated carbocycles. The van der Waals surface area contributed by atoms with E-state index in [-0.39, 0.29) is 28.6 Å². The van der Waals surface area contributed by atoms with Crippen molar-refractivity contribution in [2.45, 2.75) is 0 Å². The van der Waals surface area contributed by atoms with E-state index in [1.54, 1.807) is 0 Å². The highest BCUT2D eigenvalue weighted by molar-refractivity contribution is 5.88. The maximum absolute atomic E-state index is 10.3. The van der Waals surface area contributed by atoms with Gasteiger partial charge in [-0.3, -0.25) is 0 Å². The van der Waals surface area contributed by atoms with Crippen molar-refractivity contribution in [3.05, 3.63) is 42.0 Å². The lowest BCUT2D eigenvalue weighted by molar-refractivity contribution is 0.0696. The summed E-state index contributed by atoms with van der Waals surface area (Å²) in [7, 11) is 1.43. The Bertz CT molecular complexity index is 637. The third-order valence-corrected chi connectivity index (χ3v) is 2.39. The summed E-state index contributed by atoms with van der Waals surface area (Å²) in [4.78, 5) is 10.3. The molecule has 0 saturated heterocycles. The predicted molar refractivity (Wildman–Crippen MR) is 73.1 cm³/mol. The van der Waals surface area contributed by atoms with E-state index in [1.165, 1.54) is 31.4 Å². The summed E-state index contributed by atoms with van der Waals surface area (Å²) < 4.78 is 4.72. The molecule has 0 unspecified atom stereocenters. The summed E-state index contributed by atoms with van der Waals surface area (Å²) in [5, 5.41) is 43.9. The van der Waals surface area contributed by atoms with Gasteiger partial charge in [0.2, 0.25) is 0 Å². The van der Waals surface area contributed by atoms with E-state index in [4.69, 9.17) is 30.3 Å². The minimum Gasteiger partial charge on any atom is -0.508 e. The van der Waals surface area contributed by atoms with Gasteiger partial charge in [-0.25, -0.2) is 4.79 Å². The van der Waals surface area contributed by atoms with Gasteiger partial charge < -0.3 is 30.3 Å². The first-order valence-electron chi connectivity index (χ1n) is 5.66. The number of hydrogen-bond donors (Lipinski definition) is 5. The van der Waals surface area contributed by atoms with Crippen molar-refractivity contribution in [1.29, 1.82) is 0 Å². The zero-order valence-electron chi connectivity index (χ0n) is 11.0. The standard InChI is InChI=1S/C7H6O4.C7H8O3/c8-5-2-1-4(7(10)11)3-6(5)9;1-10-7-4-5(8)2-3-6(7)9/h1-3,8-9H,(H,10,11);2-4,8-9H,1H3. The molecule has 7 nitrogen and oxygen atoms in total. The van der Waals surface area contributed by atoms with Crippen LogP contribution in [0, 0.1) is 0 Å². The molecule has 0 aliphatic heterocycles. The summed E-state index contributed by atoms with van der Waals surface area (Å²) in [6, 6.07) is 7.41. The molecule has 0 radical (unpaired) electrons. The third kappa shape index (κ3) is 4.50. The average molecular weight is 294 g/mol. The van der Waals surface area contributed by atoms with Crippen LogP contribution in [0.3, 0.4) is 0 Å². The average Bonchev–Trinajstić information content (AvgIpc) is 2.45. The number of rotatable bonds is 2. The number of aromatic hydroxyl groups is 4. The smallest absolute Gasteiger partial charge is 0.335 e. The van der Waals surface area contributed by atoms with Crippen LogP contribution in [0.15, 0.2) is 36.4 Å². The van der Waals surface area contributed by atoms with Crippen LogP contribution < -0.4 is 4.74 Å². The summed E-state index contributed by atoms with van der Waals surface area (Å²) in [5.74, 6) is -1.50. The summed E-state index contributed by atoms with van der Waals surface area (Å²) in [6.07, 6.45) is 0. The molecule has 2 aromatic rings. The lowest BCUT2D eigenvalue weighted by Crippen LogP contribution is -1.94. The maximum atomic E-state index is 10.3. The first kappa shape index (κ1) is 16.0. The number of phenols is 4. The molecule has 7 heteroatoms. The molecule has 0 aliphatic rings. The van der Waals surface area contributed by atoms with Crippen LogP contribution >= 0.6 is 0 Å². The Balaban J connectivity index is 0.000000211. The van der Waals surface area contributed by atoms with Crippen LogP contribution in [0.4, 0.5) is 0 Å². The molecular weight excluding hydrogens is 280 g/mol. The second-order valence-corrected chi connectivity index (χ2v) is 3.86. The first-order chi connectivity index (χ1) is 9.85. The number of aromatic carboxylic acids is 1. The number of methoxy groups -OCH3 is 1. The molecule has 2 aromatic carbocycles. The van der Waals surface area contributed by atoms with Gasteiger partial charge in [0.25, 0.3) is 0 Å². The fourth-order valence-electron chi connectivity index (χ4n) is 1.32. The second-order valence-electron chi connectivity index (χ2n) is 3.86. The van der Waals surface area contributed by atoms with Gasteiger partial charge in [0.15, 0.2) is 23.0 Å². The lowest BCUT2D eigenvalue weighted by atomic mass is 10.2. The molecule has 0 aliphatic carbocycles. The Morgan fingerprint density at radius 1 is 0.905 bits per heavy atom. The van der Waals surface area contributed by atoms with Gasteiger partial charge in [-0.15, -0.1) is 0 Å². The Labute approximate surface area is 119 Å². The van der Waals surface area contributed by atoms with Gasteiger partial charge in [-0.1, -0.05) is 0 Å². The van der Waals surface area contributed by atoms with Crippen LogP contribution in [0.25, 0.3) is 0 Å². The number of carboxylic acid groups (broad SMARTS) is 1. The SMILES string of the molecule is COc1cc(O)ccc1O.O=C(O)c1ccc(O)c(O)c1. The molecule has 0 aromatic heterocycles. The largest absolute Gasteiger partial charge is 0.508 e. The van der Waals surface area contributed by atoms with Crippen LogP contribution in [0.2, 0.25) is 0 Å². The number of ether oxygens (including phenoxy) is 1. The summed E-state index contributed by atoms with van der Waals surface area (Å²) >= 11 is 0. The van der Waals surface area contributed by atoms with Gasteiger partial charge in [0.05, 0.1) is 12.7 Å². The molecule has 2 rings (SSSR count). The van der Waals surface area contributed by atoms with Crippen LogP contribution in [-0.4, -0.2) is 38.6 Å². The Morgan fingerprint density at radius 2 is 1.52 bits per heavy atom. The topological polar surface area (TPSA) is 127 Å². The molecule has 0 amide bonds. The van der Waals surface area contributed by atoms with Crippen molar-refractivity contribution in [3.8, 4) is 28.7 Å². The molecule has 0 spiro atoms. The molecule has 0 atom stereocenters. The van der Waals surface area contributed by atoms with E-state index in [2.05, 4.69) is 0 Å². The third-order valence-electron chi connectivity index (χ3n) is 2.39. The van der Waals surface area contributed by atoms with Crippen molar-refractivity contribution in [2.24, 2.45) is 0 Å². The fraction of sp³-hybridized carbons (Fsp3) is 0.0714. The number of benzene rings is 2. The van der Waals surface area contributed by atoms with E-state index in [0.717, 1.165) is 12.1 Å². The van der Waals surface area contributed by atoms with E-state index in [9.17, 15) is 4.79 Å². The minimum atomic E-state index is -1.14.